The molecule has 116 valence electrons. The van der Waals surface area contributed by atoms with Crippen molar-refractivity contribution in [1.82, 2.24) is 4.90 Å². The zero-order valence-corrected chi connectivity index (χ0v) is 13.0. The molecule has 0 radical (unpaired) electrons. The first-order valence-corrected chi connectivity index (χ1v) is 7.72. The molecule has 1 atom stereocenters. The van der Waals surface area contributed by atoms with Crippen molar-refractivity contribution in [3.8, 4) is 5.75 Å². The fraction of sp³-hybridized carbons (Fsp3) is 0.588. The van der Waals surface area contributed by atoms with E-state index in [1.165, 1.54) is 33.0 Å². The summed E-state index contributed by atoms with van der Waals surface area (Å²) in [5, 5.41) is 0. The van der Waals surface area contributed by atoms with Crippen molar-refractivity contribution in [1.29, 1.82) is 0 Å². The van der Waals surface area contributed by atoms with Gasteiger partial charge in [0.2, 0.25) is 0 Å². The van der Waals surface area contributed by atoms with Crippen LogP contribution in [0.3, 0.4) is 0 Å². The Labute approximate surface area is 127 Å². The summed E-state index contributed by atoms with van der Waals surface area (Å²) in [4.78, 5) is 13.8. The van der Waals surface area contributed by atoms with Crippen molar-refractivity contribution >= 4 is 5.97 Å². The summed E-state index contributed by atoms with van der Waals surface area (Å²) >= 11 is 0. The Morgan fingerprint density at radius 3 is 2.76 bits per heavy atom. The van der Waals surface area contributed by atoms with Crippen molar-refractivity contribution in [3.05, 3.63) is 29.8 Å². The molecule has 0 spiro atoms. The molecule has 0 saturated carbocycles. The number of esters is 1. The minimum absolute atomic E-state index is 0.319. The summed E-state index contributed by atoms with van der Waals surface area (Å²) in [7, 11) is 1.38. The van der Waals surface area contributed by atoms with Gasteiger partial charge in [-0.05, 0) is 56.0 Å². The van der Waals surface area contributed by atoms with E-state index < -0.39 is 0 Å². The number of carbonyl (C=O) groups is 1. The molecule has 4 heteroatoms. The summed E-state index contributed by atoms with van der Waals surface area (Å²) in [6, 6.07) is 7.09. The highest BCUT2D eigenvalue weighted by molar-refractivity contribution is 5.89. The first-order valence-electron chi connectivity index (χ1n) is 7.72. The smallest absolute Gasteiger partial charge is 0.337 e. The summed E-state index contributed by atoms with van der Waals surface area (Å²) in [5.74, 6) is 1.31. The maximum Gasteiger partial charge on any atom is 0.337 e. The highest BCUT2D eigenvalue weighted by atomic mass is 16.5. The minimum atomic E-state index is -0.319. The minimum Gasteiger partial charge on any atom is -0.494 e. The predicted octanol–water partition coefficient (Wildman–Crippen LogP) is 2.97. The molecule has 1 aromatic rings. The third-order valence-corrected chi connectivity index (χ3v) is 3.90. The van der Waals surface area contributed by atoms with Gasteiger partial charge in [0, 0.05) is 13.1 Å². The van der Waals surface area contributed by atoms with E-state index in [1.807, 2.05) is 12.1 Å². The Morgan fingerprint density at radius 1 is 1.33 bits per heavy atom. The van der Waals surface area contributed by atoms with Gasteiger partial charge in [-0.2, -0.15) is 0 Å². The van der Waals surface area contributed by atoms with Gasteiger partial charge in [-0.25, -0.2) is 4.79 Å². The first-order chi connectivity index (χ1) is 10.2. The molecule has 1 aromatic carbocycles. The average molecular weight is 291 g/mol. The predicted molar refractivity (Wildman–Crippen MR) is 82.7 cm³/mol. The number of methoxy groups -OCH3 is 1. The van der Waals surface area contributed by atoms with E-state index in [9.17, 15) is 4.79 Å². The fourth-order valence-corrected chi connectivity index (χ4v) is 2.77. The van der Waals surface area contributed by atoms with Crippen LogP contribution in [0.4, 0.5) is 0 Å². The monoisotopic (exact) mass is 291 g/mol. The van der Waals surface area contributed by atoms with Gasteiger partial charge in [0.15, 0.2) is 0 Å². The van der Waals surface area contributed by atoms with Gasteiger partial charge in [0.1, 0.15) is 5.75 Å². The number of rotatable bonds is 6. The molecule has 21 heavy (non-hydrogen) atoms. The van der Waals surface area contributed by atoms with Crippen LogP contribution in [0.5, 0.6) is 5.75 Å². The van der Waals surface area contributed by atoms with E-state index in [1.54, 1.807) is 12.1 Å². The molecule has 2 rings (SSSR count). The lowest BCUT2D eigenvalue weighted by molar-refractivity contribution is 0.0600. The second-order valence-electron chi connectivity index (χ2n) is 5.77. The van der Waals surface area contributed by atoms with Crippen LogP contribution in [0.1, 0.15) is 36.5 Å². The summed E-state index contributed by atoms with van der Waals surface area (Å²) < 4.78 is 10.4. The topological polar surface area (TPSA) is 38.8 Å². The van der Waals surface area contributed by atoms with Crippen LogP contribution in [0.2, 0.25) is 0 Å². The quantitative estimate of drug-likeness (QED) is 0.596. The molecule has 0 aromatic heterocycles. The SMILES string of the molecule is COC(=O)c1ccc(OCCCN2CCC[C@@H](C)C2)cc1. The maximum absolute atomic E-state index is 11.3. The van der Waals surface area contributed by atoms with Crippen LogP contribution in [0.15, 0.2) is 24.3 Å². The Bertz CT molecular complexity index is 444. The van der Waals surface area contributed by atoms with Crippen LogP contribution >= 0.6 is 0 Å². The number of ether oxygens (including phenoxy) is 2. The average Bonchev–Trinajstić information content (AvgIpc) is 2.51. The Kier molecular flexibility index (Phi) is 6.05. The maximum atomic E-state index is 11.3. The Hall–Kier alpha value is -1.55. The molecule has 0 aliphatic carbocycles. The van der Waals surface area contributed by atoms with Crippen LogP contribution in [-0.4, -0.2) is 44.2 Å². The number of carbonyl (C=O) groups excluding carboxylic acids is 1. The lowest BCUT2D eigenvalue weighted by Gasteiger charge is -2.30. The lowest BCUT2D eigenvalue weighted by atomic mass is 10.0. The van der Waals surface area contributed by atoms with Crippen LogP contribution in [0, 0.1) is 5.92 Å². The molecular formula is C17H25NO3. The number of likely N-dealkylation sites (tertiary alicyclic amines) is 1. The zero-order chi connectivity index (χ0) is 15.1. The van der Waals surface area contributed by atoms with Crippen molar-refractivity contribution in [2.45, 2.75) is 26.2 Å². The molecule has 4 nitrogen and oxygen atoms in total. The van der Waals surface area contributed by atoms with E-state index in [4.69, 9.17) is 4.74 Å². The van der Waals surface area contributed by atoms with E-state index in [2.05, 4.69) is 16.6 Å². The van der Waals surface area contributed by atoms with Crippen molar-refractivity contribution in [2.75, 3.05) is 33.4 Å². The van der Waals surface area contributed by atoms with Crippen molar-refractivity contribution in [2.24, 2.45) is 5.92 Å². The van der Waals surface area contributed by atoms with E-state index in [0.717, 1.165) is 24.6 Å². The van der Waals surface area contributed by atoms with Gasteiger partial charge >= 0.3 is 5.97 Å². The van der Waals surface area contributed by atoms with E-state index in [0.29, 0.717) is 12.2 Å². The summed E-state index contributed by atoms with van der Waals surface area (Å²) in [6.07, 6.45) is 3.71. The molecular weight excluding hydrogens is 266 g/mol. The molecule has 0 bridgehead atoms. The normalized spacial score (nSPS) is 19.2. The molecule has 0 unspecified atom stereocenters. The number of nitrogens with zero attached hydrogens (tertiary/aromatic N) is 1. The third-order valence-electron chi connectivity index (χ3n) is 3.90. The van der Waals surface area contributed by atoms with Gasteiger partial charge < -0.3 is 14.4 Å². The van der Waals surface area contributed by atoms with E-state index in [-0.39, 0.29) is 5.97 Å². The van der Waals surface area contributed by atoms with Gasteiger partial charge in [0.25, 0.3) is 0 Å². The van der Waals surface area contributed by atoms with Crippen LogP contribution < -0.4 is 4.74 Å². The van der Waals surface area contributed by atoms with Gasteiger partial charge in [0.05, 0.1) is 19.3 Å². The Balaban J connectivity index is 1.67. The number of benzene rings is 1. The number of hydrogen-bond donors (Lipinski definition) is 0. The second-order valence-corrected chi connectivity index (χ2v) is 5.77. The molecule has 1 saturated heterocycles. The molecule has 1 heterocycles. The molecule has 0 amide bonds. The third kappa shape index (κ3) is 5.05. The van der Waals surface area contributed by atoms with Crippen LogP contribution in [0.25, 0.3) is 0 Å². The first kappa shape index (κ1) is 15.8. The number of hydrogen-bond acceptors (Lipinski definition) is 4. The molecule has 0 N–H and O–H groups in total. The molecule has 1 aliphatic rings. The second kappa shape index (κ2) is 8.03. The summed E-state index contributed by atoms with van der Waals surface area (Å²) in [5.41, 5.74) is 0.548. The molecule has 1 aliphatic heterocycles. The number of piperidine rings is 1. The van der Waals surface area contributed by atoms with Crippen molar-refractivity contribution < 1.29 is 14.3 Å². The lowest BCUT2D eigenvalue weighted by Crippen LogP contribution is -2.35. The fourth-order valence-electron chi connectivity index (χ4n) is 2.77. The molecule has 1 fully saturated rings. The van der Waals surface area contributed by atoms with Crippen molar-refractivity contribution in [3.63, 3.8) is 0 Å². The van der Waals surface area contributed by atoms with Gasteiger partial charge in [-0.1, -0.05) is 6.92 Å². The standard InChI is InChI=1S/C17H25NO3/c1-14-5-3-10-18(13-14)11-4-12-21-16-8-6-15(7-9-16)17(19)20-2/h6-9,14H,3-5,10-13H2,1-2H3/t14-/m1/s1. The largest absolute Gasteiger partial charge is 0.494 e. The zero-order valence-electron chi connectivity index (χ0n) is 13.0. The van der Waals surface area contributed by atoms with E-state index >= 15 is 0 Å². The van der Waals surface area contributed by atoms with Crippen LogP contribution in [-0.2, 0) is 4.74 Å². The Morgan fingerprint density at radius 2 is 2.10 bits per heavy atom. The highest BCUT2D eigenvalue weighted by Gasteiger charge is 2.15. The highest BCUT2D eigenvalue weighted by Crippen LogP contribution is 2.16. The summed E-state index contributed by atoms with van der Waals surface area (Å²) in [6.45, 7) is 6.57. The van der Waals surface area contributed by atoms with Gasteiger partial charge in [-0.15, -0.1) is 0 Å². The van der Waals surface area contributed by atoms with Gasteiger partial charge in [-0.3, -0.25) is 0 Å².